The van der Waals surface area contributed by atoms with Crippen LogP contribution in [0.2, 0.25) is 0 Å². The molecule has 0 aliphatic rings. The fraction of sp³-hybridized carbons (Fsp3) is 0.250. The van der Waals surface area contributed by atoms with Crippen molar-refractivity contribution >= 4 is 35.0 Å². The van der Waals surface area contributed by atoms with Crippen LogP contribution in [-0.4, -0.2) is 36.6 Å². The summed E-state index contributed by atoms with van der Waals surface area (Å²) in [5.41, 5.74) is 5.67. The Hall–Kier alpha value is -1.61. The lowest BCUT2D eigenvalue weighted by atomic mass is 10.6. The summed E-state index contributed by atoms with van der Waals surface area (Å²) in [7, 11) is 0. The molecule has 0 radical (unpaired) electrons. The average Bonchev–Trinajstić information content (AvgIpc) is 2.89. The first-order chi connectivity index (χ1) is 8.16. The van der Waals surface area contributed by atoms with Gasteiger partial charge >= 0.3 is 5.97 Å². The summed E-state index contributed by atoms with van der Waals surface area (Å²) >= 11 is 2.58. The highest BCUT2D eigenvalue weighted by molar-refractivity contribution is 7.99. The third-order valence-electron chi connectivity index (χ3n) is 1.85. The van der Waals surface area contributed by atoms with Gasteiger partial charge in [0.1, 0.15) is 5.01 Å². The molecule has 0 fully saturated rings. The molecular formula is C8H9N5O2S2. The van der Waals surface area contributed by atoms with E-state index in [1.807, 2.05) is 5.38 Å². The van der Waals surface area contributed by atoms with Gasteiger partial charge in [-0.1, -0.05) is 11.8 Å². The zero-order chi connectivity index (χ0) is 12.3. The minimum absolute atomic E-state index is 0.0734. The van der Waals surface area contributed by atoms with E-state index in [-0.39, 0.29) is 11.7 Å². The molecule has 0 aliphatic carbocycles. The Bertz CT molecular complexity index is 510. The van der Waals surface area contributed by atoms with Gasteiger partial charge in [-0.05, 0) is 0 Å². The van der Waals surface area contributed by atoms with E-state index in [9.17, 15) is 4.79 Å². The van der Waals surface area contributed by atoms with Crippen LogP contribution in [0.15, 0.2) is 16.7 Å². The minimum atomic E-state index is -0.905. The molecule has 0 aliphatic heterocycles. The number of rotatable bonds is 5. The van der Waals surface area contributed by atoms with Crippen molar-refractivity contribution < 1.29 is 9.90 Å². The highest BCUT2D eigenvalue weighted by Crippen LogP contribution is 2.20. The van der Waals surface area contributed by atoms with Crippen molar-refractivity contribution in [3.8, 4) is 0 Å². The highest BCUT2D eigenvalue weighted by Gasteiger charge is 2.12. The molecule has 17 heavy (non-hydrogen) atoms. The Morgan fingerprint density at radius 2 is 2.41 bits per heavy atom. The second kappa shape index (κ2) is 5.15. The minimum Gasteiger partial charge on any atom is -0.481 e. The van der Waals surface area contributed by atoms with Crippen molar-refractivity contribution in [2.24, 2.45) is 0 Å². The average molecular weight is 271 g/mol. The van der Waals surface area contributed by atoms with Crippen LogP contribution < -0.4 is 5.73 Å². The van der Waals surface area contributed by atoms with Gasteiger partial charge in [0.2, 0.25) is 5.95 Å². The normalized spacial score (nSPS) is 10.6. The molecule has 90 valence electrons. The molecule has 0 unspecified atom stereocenters. The quantitative estimate of drug-likeness (QED) is 0.764. The smallest absolute Gasteiger partial charge is 0.313 e. The van der Waals surface area contributed by atoms with Crippen molar-refractivity contribution in [1.29, 1.82) is 0 Å². The molecule has 0 saturated heterocycles. The summed E-state index contributed by atoms with van der Waals surface area (Å²) in [5, 5.41) is 19.4. The van der Waals surface area contributed by atoms with Crippen LogP contribution in [-0.2, 0) is 11.3 Å². The van der Waals surface area contributed by atoms with Crippen LogP contribution in [0.5, 0.6) is 0 Å². The number of aromatic nitrogens is 4. The van der Waals surface area contributed by atoms with Gasteiger partial charge in [0.15, 0.2) is 5.16 Å². The third-order valence-corrected chi connectivity index (χ3v) is 3.56. The summed E-state index contributed by atoms with van der Waals surface area (Å²) in [5.74, 6) is -0.721. The maximum Gasteiger partial charge on any atom is 0.313 e. The van der Waals surface area contributed by atoms with Crippen LogP contribution in [0.3, 0.4) is 0 Å². The first-order valence-corrected chi connectivity index (χ1v) is 6.45. The lowest BCUT2D eigenvalue weighted by Gasteiger charge is -2.04. The van der Waals surface area contributed by atoms with E-state index in [0.29, 0.717) is 11.7 Å². The van der Waals surface area contributed by atoms with Crippen LogP contribution in [0.1, 0.15) is 5.01 Å². The molecule has 3 N–H and O–H groups in total. The summed E-state index contributed by atoms with van der Waals surface area (Å²) < 4.78 is 1.65. The second-order valence-electron chi connectivity index (χ2n) is 3.04. The van der Waals surface area contributed by atoms with Crippen LogP contribution >= 0.6 is 23.1 Å². The summed E-state index contributed by atoms with van der Waals surface area (Å²) in [4.78, 5) is 14.6. The van der Waals surface area contributed by atoms with E-state index in [4.69, 9.17) is 10.8 Å². The molecule has 0 bridgehead atoms. The molecule has 2 aromatic heterocycles. The van der Waals surface area contributed by atoms with Crippen molar-refractivity contribution in [1.82, 2.24) is 19.7 Å². The van der Waals surface area contributed by atoms with E-state index in [2.05, 4.69) is 15.2 Å². The standard InChI is InChI=1S/C8H9N5O2S2/c9-7-11-12-8(17-4-6(14)15)13(7)3-5-10-1-2-16-5/h1-2H,3-4H2,(H2,9,11)(H,14,15). The predicted molar refractivity (Wildman–Crippen MR) is 64.0 cm³/mol. The van der Waals surface area contributed by atoms with Crippen LogP contribution in [0.4, 0.5) is 5.95 Å². The van der Waals surface area contributed by atoms with E-state index < -0.39 is 5.97 Å². The SMILES string of the molecule is Nc1nnc(SCC(=O)O)n1Cc1nccs1. The Kier molecular flexibility index (Phi) is 3.59. The Balaban J connectivity index is 2.14. The molecule has 7 nitrogen and oxygen atoms in total. The third kappa shape index (κ3) is 2.94. The molecule has 2 aromatic rings. The first-order valence-electron chi connectivity index (χ1n) is 4.58. The molecule has 0 amide bonds. The molecule has 0 saturated carbocycles. The van der Waals surface area contributed by atoms with Crippen molar-refractivity contribution in [2.45, 2.75) is 11.7 Å². The lowest BCUT2D eigenvalue weighted by Crippen LogP contribution is -2.07. The predicted octanol–water partition coefficient (Wildman–Crippen LogP) is 0.542. The van der Waals surface area contributed by atoms with Gasteiger partial charge < -0.3 is 10.8 Å². The summed E-state index contributed by atoms with van der Waals surface area (Å²) in [6.45, 7) is 0.457. The van der Waals surface area contributed by atoms with Gasteiger partial charge in [-0.3, -0.25) is 9.36 Å². The molecule has 0 spiro atoms. The van der Waals surface area contributed by atoms with E-state index >= 15 is 0 Å². The molecule has 2 heterocycles. The van der Waals surface area contributed by atoms with Gasteiger partial charge in [0, 0.05) is 11.6 Å². The zero-order valence-corrected chi connectivity index (χ0v) is 10.2. The number of anilines is 1. The zero-order valence-electron chi connectivity index (χ0n) is 8.61. The topological polar surface area (TPSA) is 107 Å². The maximum atomic E-state index is 10.5. The van der Waals surface area contributed by atoms with Crippen LogP contribution in [0.25, 0.3) is 0 Å². The van der Waals surface area contributed by atoms with Gasteiger partial charge in [-0.25, -0.2) is 4.98 Å². The number of hydrogen-bond donors (Lipinski definition) is 2. The number of aliphatic carboxylic acids is 1. The number of hydrogen-bond acceptors (Lipinski definition) is 7. The second-order valence-corrected chi connectivity index (χ2v) is 4.96. The van der Waals surface area contributed by atoms with Crippen molar-refractivity contribution in [3.05, 3.63) is 16.6 Å². The van der Waals surface area contributed by atoms with Gasteiger partial charge in [0.05, 0.1) is 12.3 Å². The van der Waals surface area contributed by atoms with E-state index in [1.165, 1.54) is 11.3 Å². The molecule has 0 atom stereocenters. The number of nitrogens with zero attached hydrogens (tertiary/aromatic N) is 4. The van der Waals surface area contributed by atoms with Gasteiger partial charge in [0.25, 0.3) is 0 Å². The van der Waals surface area contributed by atoms with E-state index in [0.717, 1.165) is 16.8 Å². The maximum absolute atomic E-state index is 10.5. The molecule has 0 aromatic carbocycles. The first kappa shape index (κ1) is 11.9. The number of carboxylic acids is 1. The number of carbonyl (C=O) groups is 1. The van der Waals surface area contributed by atoms with Gasteiger partial charge in [-0.15, -0.1) is 21.5 Å². The number of nitrogens with two attached hydrogens (primary N) is 1. The van der Waals surface area contributed by atoms with E-state index in [1.54, 1.807) is 10.8 Å². The highest BCUT2D eigenvalue weighted by atomic mass is 32.2. The van der Waals surface area contributed by atoms with Crippen molar-refractivity contribution in [2.75, 3.05) is 11.5 Å². The molecule has 9 heteroatoms. The monoisotopic (exact) mass is 271 g/mol. The Morgan fingerprint density at radius 3 is 3.06 bits per heavy atom. The number of nitrogen functional groups attached to an aromatic ring is 1. The van der Waals surface area contributed by atoms with Gasteiger partial charge in [-0.2, -0.15) is 0 Å². The fourth-order valence-electron chi connectivity index (χ4n) is 1.15. The Labute approximate surface area is 105 Å². The number of thioether (sulfide) groups is 1. The summed E-state index contributed by atoms with van der Waals surface area (Å²) in [6.07, 6.45) is 1.70. The van der Waals surface area contributed by atoms with Crippen LogP contribution in [0, 0.1) is 0 Å². The summed E-state index contributed by atoms with van der Waals surface area (Å²) in [6, 6.07) is 0. The van der Waals surface area contributed by atoms with Crippen molar-refractivity contribution in [3.63, 3.8) is 0 Å². The number of carboxylic acid groups (broad SMARTS) is 1. The lowest BCUT2D eigenvalue weighted by molar-refractivity contribution is -0.133. The number of thiazole rings is 1. The molecule has 2 rings (SSSR count). The largest absolute Gasteiger partial charge is 0.481 e. The fourth-order valence-corrected chi connectivity index (χ4v) is 2.42. The molecular weight excluding hydrogens is 262 g/mol. The Morgan fingerprint density at radius 1 is 1.59 bits per heavy atom.